The van der Waals surface area contributed by atoms with Gasteiger partial charge >= 0.3 is 0 Å². The van der Waals surface area contributed by atoms with Crippen LogP contribution in [0, 0.1) is 11.6 Å². The average molecular weight is 228 g/mol. The third-order valence-electron chi connectivity index (χ3n) is 2.41. The summed E-state index contributed by atoms with van der Waals surface area (Å²) in [6.07, 6.45) is 0.570. The molecule has 0 aromatic heterocycles. The zero-order valence-corrected chi connectivity index (χ0v) is 9.69. The molecule has 0 aliphatic carbocycles. The summed E-state index contributed by atoms with van der Waals surface area (Å²) < 4.78 is 25.9. The van der Waals surface area contributed by atoms with Gasteiger partial charge in [0, 0.05) is 18.7 Å². The molecule has 1 rings (SSSR count). The van der Waals surface area contributed by atoms with Crippen LogP contribution < -0.4 is 10.6 Å². The number of hydrogen-bond acceptors (Lipinski definition) is 2. The Morgan fingerprint density at radius 3 is 2.69 bits per heavy atom. The lowest BCUT2D eigenvalue weighted by Gasteiger charge is -2.13. The molecule has 0 aliphatic rings. The van der Waals surface area contributed by atoms with Gasteiger partial charge in [-0.2, -0.15) is 0 Å². The van der Waals surface area contributed by atoms with Crippen molar-refractivity contribution < 1.29 is 8.78 Å². The minimum Gasteiger partial charge on any atom is -0.318 e. The van der Waals surface area contributed by atoms with Gasteiger partial charge in [-0.15, -0.1) is 0 Å². The number of nitrogens with one attached hydrogen (secondary N) is 2. The molecule has 2 nitrogen and oxygen atoms in total. The molecule has 2 N–H and O–H groups in total. The monoisotopic (exact) mass is 228 g/mol. The van der Waals surface area contributed by atoms with E-state index in [1.807, 2.05) is 7.05 Å². The molecule has 0 amide bonds. The maximum atomic E-state index is 13.2. The Morgan fingerprint density at radius 1 is 1.31 bits per heavy atom. The summed E-state index contributed by atoms with van der Waals surface area (Å²) in [5.74, 6) is -0.999. The van der Waals surface area contributed by atoms with Gasteiger partial charge in [-0.25, -0.2) is 8.78 Å². The minimum absolute atomic E-state index is 0.341. The van der Waals surface area contributed by atoms with E-state index < -0.39 is 11.6 Å². The summed E-state index contributed by atoms with van der Waals surface area (Å²) >= 11 is 0. The fourth-order valence-electron chi connectivity index (χ4n) is 1.56. The fourth-order valence-corrected chi connectivity index (χ4v) is 1.56. The molecular formula is C12H18F2N2. The van der Waals surface area contributed by atoms with Gasteiger partial charge in [-0.3, -0.25) is 0 Å². The normalized spacial score (nSPS) is 12.8. The highest BCUT2D eigenvalue weighted by molar-refractivity contribution is 5.18. The SMILES string of the molecule is CNCC(C)NCCc1ccc(F)cc1F. The Kier molecular flexibility index (Phi) is 5.35. The molecule has 1 unspecified atom stereocenters. The minimum atomic E-state index is -0.530. The second-order valence-electron chi connectivity index (χ2n) is 3.90. The van der Waals surface area contributed by atoms with E-state index in [0.29, 0.717) is 24.6 Å². The molecule has 90 valence electrons. The highest BCUT2D eigenvalue weighted by Gasteiger charge is 2.04. The van der Waals surface area contributed by atoms with Gasteiger partial charge in [-0.05, 0) is 38.6 Å². The first kappa shape index (κ1) is 13.1. The van der Waals surface area contributed by atoms with E-state index in [1.54, 1.807) is 0 Å². The van der Waals surface area contributed by atoms with Gasteiger partial charge in [0.2, 0.25) is 0 Å². The van der Waals surface area contributed by atoms with Crippen LogP contribution in [0.4, 0.5) is 8.78 Å². The van der Waals surface area contributed by atoms with E-state index in [-0.39, 0.29) is 0 Å². The highest BCUT2D eigenvalue weighted by Crippen LogP contribution is 2.09. The van der Waals surface area contributed by atoms with Gasteiger partial charge in [-0.1, -0.05) is 6.07 Å². The number of halogens is 2. The highest BCUT2D eigenvalue weighted by atomic mass is 19.1. The Bertz CT molecular complexity index is 329. The predicted octanol–water partition coefficient (Wildman–Crippen LogP) is 1.70. The number of likely N-dealkylation sites (N-methyl/N-ethyl adjacent to an activating group) is 1. The molecular weight excluding hydrogens is 210 g/mol. The van der Waals surface area contributed by atoms with E-state index in [4.69, 9.17) is 0 Å². The van der Waals surface area contributed by atoms with E-state index >= 15 is 0 Å². The standard InChI is InChI=1S/C12H18F2N2/c1-9(8-15-2)16-6-5-10-3-4-11(13)7-12(10)14/h3-4,7,9,15-16H,5-6,8H2,1-2H3. The van der Waals surface area contributed by atoms with Gasteiger partial charge in [0.05, 0.1) is 0 Å². The summed E-state index contributed by atoms with van der Waals surface area (Å²) in [6, 6.07) is 4.05. The second-order valence-corrected chi connectivity index (χ2v) is 3.90. The first-order valence-electron chi connectivity index (χ1n) is 5.45. The van der Waals surface area contributed by atoms with Crippen LogP contribution in [0.3, 0.4) is 0 Å². The summed E-state index contributed by atoms with van der Waals surface area (Å²) in [6.45, 7) is 3.61. The summed E-state index contributed by atoms with van der Waals surface area (Å²) in [5, 5.41) is 6.30. The van der Waals surface area contributed by atoms with Gasteiger partial charge in [0.15, 0.2) is 0 Å². The molecule has 0 fully saturated rings. The molecule has 0 heterocycles. The summed E-state index contributed by atoms with van der Waals surface area (Å²) in [4.78, 5) is 0. The number of benzene rings is 1. The van der Waals surface area contributed by atoms with Crippen molar-refractivity contribution in [3.63, 3.8) is 0 Å². The van der Waals surface area contributed by atoms with Crippen molar-refractivity contribution in [3.05, 3.63) is 35.4 Å². The van der Waals surface area contributed by atoms with Crippen molar-refractivity contribution in [1.29, 1.82) is 0 Å². The smallest absolute Gasteiger partial charge is 0.129 e. The molecule has 0 saturated carbocycles. The molecule has 0 radical (unpaired) electrons. The third kappa shape index (κ3) is 4.24. The topological polar surface area (TPSA) is 24.1 Å². The molecule has 0 spiro atoms. The van der Waals surface area contributed by atoms with Gasteiger partial charge in [0.25, 0.3) is 0 Å². The van der Waals surface area contributed by atoms with E-state index in [0.717, 1.165) is 12.6 Å². The predicted molar refractivity (Wildman–Crippen MR) is 61.5 cm³/mol. The Labute approximate surface area is 95.1 Å². The van der Waals surface area contributed by atoms with E-state index in [1.165, 1.54) is 12.1 Å². The molecule has 1 aromatic rings. The quantitative estimate of drug-likeness (QED) is 0.774. The first-order chi connectivity index (χ1) is 7.63. The van der Waals surface area contributed by atoms with Crippen LogP contribution in [0.2, 0.25) is 0 Å². The lowest BCUT2D eigenvalue weighted by molar-refractivity contribution is 0.517. The van der Waals surface area contributed by atoms with Crippen LogP contribution in [-0.4, -0.2) is 26.2 Å². The molecule has 4 heteroatoms. The van der Waals surface area contributed by atoms with Gasteiger partial charge < -0.3 is 10.6 Å². The van der Waals surface area contributed by atoms with Crippen LogP contribution in [0.5, 0.6) is 0 Å². The maximum Gasteiger partial charge on any atom is 0.129 e. The number of hydrogen-bond donors (Lipinski definition) is 2. The third-order valence-corrected chi connectivity index (χ3v) is 2.41. The van der Waals surface area contributed by atoms with E-state index in [9.17, 15) is 8.78 Å². The Hall–Kier alpha value is -1.00. The average Bonchev–Trinajstić information content (AvgIpc) is 2.22. The zero-order valence-electron chi connectivity index (χ0n) is 9.69. The van der Waals surface area contributed by atoms with Crippen LogP contribution in [0.25, 0.3) is 0 Å². The second kappa shape index (κ2) is 6.55. The van der Waals surface area contributed by atoms with Crippen molar-refractivity contribution in [2.45, 2.75) is 19.4 Å². The molecule has 1 aromatic carbocycles. The summed E-state index contributed by atoms with van der Waals surface area (Å²) in [5.41, 5.74) is 0.547. The van der Waals surface area contributed by atoms with Crippen molar-refractivity contribution in [2.24, 2.45) is 0 Å². The van der Waals surface area contributed by atoms with Crippen molar-refractivity contribution in [1.82, 2.24) is 10.6 Å². The maximum absolute atomic E-state index is 13.2. The van der Waals surface area contributed by atoms with Crippen LogP contribution in [-0.2, 0) is 6.42 Å². The van der Waals surface area contributed by atoms with Crippen molar-refractivity contribution >= 4 is 0 Å². The molecule has 1 atom stereocenters. The first-order valence-corrected chi connectivity index (χ1v) is 5.45. The largest absolute Gasteiger partial charge is 0.318 e. The lowest BCUT2D eigenvalue weighted by Crippen LogP contribution is -2.36. The molecule has 0 saturated heterocycles. The molecule has 16 heavy (non-hydrogen) atoms. The number of rotatable bonds is 6. The zero-order chi connectivity index (χ0) is 12.0. The van der Waals surface area contributed by atoms with Crippen molar-refractivity contribution in [2.75, 3.05) is 20.1 Å². The molecule has 0 aliphatic heterocycles. The van der Waals surface area contributed by atoms with Crippen molar-refractivity contribution in [3.8, 4) is 0 Å². The van der Waals surface area contributed by atoms with Crippen LogP contribution in [0.1, 0.15) is 12.5 Å². The molecule has 0 bridgehead atoms. The fraction of sp³-hybridized carbons (Fsp3) is 0.500. The van der Waals surface area contributed by atoms with Crippen LogP contribution in [0.15, 0.2) is 18.2 Å². The lowest BCUT2D eigenvalue weighted by atomic mass is 10.1. The summed E-state index contributed by atoms with van der Waals surface area (Å²) in [7, 11) is 1.89. The van der Waals surface area contributed by atoms with E-state index in [2.05, 4.69) is 17.6 Å². The Balaban J connectivity index is 2.37. The van der Waals surface area contributed by atoms with Crippen LogP contribution >= 0.6 is 0 Å². The Morgan fingerprint density at radius 2 is 2.06 bits per heavy atom. The van der Waals surface area contributed by atoms with Gasteiger partial charge in [0.1, 0.15) is 11.6 Å².